The molecule has 1 saturated heterocycles. The van der Waals surface area contributed by atoms with Crippen molar-refractivity contribution in [3.05, 3.63) is 65.7 Å². The molecule has 1 aliphatic heterocycles. The van der Waals surface area contributed by atoms with Gasteiger partial charge in [0.2, 0.25) is 0 Å². The average Bonchev–Trinajstić information content (AvgIpc) is 2.64. The molecule has 3 atom stereocenters. The van der Waals surface area contributed by atoms with Crippen molar-refractivity contribution in [2.24, 2.45) is 0 Å². The second-order valence-corrected chi connectivity index (χ2v) is 6.74. The van der Waals surface area contributed by atoms with E-state index in [4.69, 9.17) is 0 Å². The van der Waals surface area contributed by atoms with E-state index in [0.29, 0.717) is 6.04 Å². The smallest absolute Gasteiger partial charge is 0.0765 e. The second kappa shape index (κ2) is 7.82. The topological polar surface area (TPSA) is 35.5 Å². The van der Waals surface area contributed by atoms with Crippen LogP contribution in [-0.2, 0) is 6.42 Å². The van der Waals surface area contributed by atoms with E-state index in [0.717, 1.165) is 31.6 Å². The highest BCUT2D eigenvalue weighted by Gasteiger charge is 2.30. The minimum absolute atomic E-state index is 0.0670. The number of nitrogens with one attached hydrogen (secondary N) is 1. The molecule has 0 radical (unpaired) electrons. The van der Waals surface area contributed by atoms with E-state index in [1.807, 2.05) is 0 Å². The van der Waals surface area contributed by atoms with E-state index >= 15 is 0 Å². The number of hydrogen-bond donors (Lipinski definition) is 2. The van der Waals surface area contributed by atoms with Gasteiger partial charge in [0.25, 0.3) is 0 Å². The largest absolute Gasteiger partial charge is 0.391 e. The molecule has 3 rings (SSSR count). The summed E-state index contributed by atoms with van der Waals surface area (Å²) in [5.74, 6) is 0. The average molecular weight is 324 g/mol. The van der Waals surface area contributed by atoms with Gasteiger partial charge >= 0.3 is 0 Å². The van der Waals surface area contributed by atoms with E-state index in [9.17, 15) is 5.11 Å². The summed E-state index contributed by atoms with van der Waals surface area (Å²) in [4.78, 5) is 2.46. The molecule has 1 heterocycles. The van der Waals surface area contributed by atoms with Gasteiger partial charge in [0.1, 0.15) is 0 Å². The molecule has 0 saturated carbocycles. The summed E-state index contributed by atoms with van der Waals surface area (Å²) in [6, 6.07) is 19.6. The van der Waals surface area contributed by atoms with Crippen LogP contribution in [0.4, 0.5) is 5.69 Å². The minimum atomic E-state index is -0.296. The Bertz CT molecular complexity index is 626. The maximum absolute atomic E-state index is 10.4. The van der Waals surface area contributed by atoms with Crippen LogP contribution in [0.15, 0.2) is 54.6 Å². The number of anilines is 1. The summed E-state index contributed by atoms with van der Waals surface area (Å²) < 4.78 is 0. The van der Waals surface area contributed by atoms with Crippen LogP contribution in [-0.4, -0.2) is 35.2 Å². The maximum atomic E-state index is 10.4. The van der Waals surface area contributed by atoms with Crippen LogP contribution < -0.4 is 5.32 Å². The van der Waals surface area contributed by atoms with Gasteiger partial charge in [-0.2, -0.15) is 0 Å². The van der Waals surface area contributed by atoms with Crippen molar-refractivity contribution in [2.45, 2.75) is 44.9 Å². The molecule has 0 aliphatic carbocycles. The number of aliphatic hydroxyl groups excluding tert-OH is 1. The SMILES string of the molecule is CCc1ccc(N[C@@H]2CN(C(C)c3ccccc3)CC[C@H]2O)cc1. The third kappa shape index (κ3) is 3.97. The summed E-state index contributed by atoms with van der Waals surface area (Å²) in [5.41, 5.74) is 3.76. The number of rotatable bonds is 5. The van der Waals surface area contributed by atoms with E-state index in [2.05, 4.69) is 78.7 Å². The zero-order valence-corrected chi connectivity index (χ0v) is 14.7. The fourth-order valence-electron chi connectivity index (χ4n) is 3.45. The molecule has 1 fully saturated rings. The number of benzene rings is 2. The summed E-state index contributed by atoms with van der Waals surface area (Å²) in [5, 5.41) is 13.9. The lowest BCUT2D eigenvalue weighted by atomic mass is 9.98. The van der Waals surface area contributed by atoms with Crippen molar-refractivity contribution in [2.75, 3.05) is 18.4 Å². The van der Waals surface area contributed by atoms with Crippen LogP contribution in [0.2, 0.25) is 0 Å². The maximum Gasteiger partial charge on any atom is 0.0765 e. The van der Waals surface area contributed by atoms with Crippen molar-refractivity contribution in [3.63, 3.8) is 0 Å². The van der Waals surface area contributed by atoms with Gasteiger partial charge in [0.15, 0.2) is 0 Å². The first kappa shape index (κ1) is 17.0. The first-order valence-electron chi connectivity index (χ1n) is 9.00. The fraction of sp³-hybridized carbons (Fsp3) is 0.429. The van der Waals surface area contributed by atoms with Gasteiger partial charge in [-0.3, -0.25) is 4.90 Å². The summed E-state index contributed by atoms with van der Waals surface area (Å²) in [7, 11) is 0. The van der Waals surface area contributed by atoms with Crippen LogP contribution in [0.1, 0.15) is 37.4 Å². The molecule has 3 nitrogen and oxygen atoms in total. The van der Waals surface area contributed by atoms with Gasteiger partial charge in [-0.15, -0.1) is 0 Å². The molecular weight excluding hydrogens is 296 g/mol. The van der Waals surface area contributed by atoms with Crippen LogP contribution in [0.5, 0.6) is 0 Å². The van der Waals surface area contributed by atoms with Crippen molar-refractivity contribution in [3.8, 4) is 0 Å². The van der Waals surface area contributed by atoms with Crippen LogP contribution >= 0.6 is 0 Å². The first-order chi connectivity index (χ1) is 11.7. The summed E-state index contributed by atoms with van der Waals surface area (Å²) >= 11 is 0. The normalized spacial score (nSPS) is 23.0. The third-order valence-electron chi connectivity index (χ3n) is 5.15. The number of hydrogen-bond acceptors (Lipinski definition) is 3. The monoisotopic (exact) mass is 324 g/mol. The Morgan fingerprint density at radius 1 is 1.12 bits per heavy atom. The molecule has 2 aromatic rings. The molecule has 1 aliphatic rings. The minimum Gasteiger partial charge on any atom is -0.391 e. The zero-order valence-electron chi connectivity index (χ0n) is 14.7. The molecule has 2 N–H and O–H groups in total. The van der Waals surface area contributed by atoms with Crippen LogP contribution in [0, 0.1) is 0 Å². The standard InChI is InChI=1S/C21H28N2O/c1-3-17-9-11-19(12-10-17)22-20-15-23(14-13-21(20)24)16(2)18-7-5-4-6-8-18/h4-12,16,20-22,24H,3,13-15H2,1-2H3/t16?,20-,21-/m1/s1. The van der Waals surface area contributed by atoms with Gasteiger partial charge in [-0.05, 0) is 43.0 Å². The first-order valence-corrected chi connectivity index (χ1v) is 9.00. The van der Waals surface area contributed by atoms with Crippen molar-refractivity contribution >= 4 is 5.69 Å². The summed E-state index contributed by atoms with van der Waals surface area (Å²) in [6.45, 7) is 6.20. The van der Waals surface area contributed by atoms with Crippen LogP contribution in [0.3, 0.4) is 0 Å². The molecule has 0 aromatic heterocycles. The molecule has 1 unspecified atom stereocenters. The quantitative estimate of drug-likeness (QED) is 0.877. The van der Waals surface area contributed by atoms with Gasteiger partial charge in [-0.1, -0.05) is 49.4 Å². The van der Waals surface area contributed by atoms with Gasteiger partial charge in [0.05, 0.1) is 12.1 Å². The lowest BCUT2D eigenvalue weighted by Gasteiger charge is -2.40. The van der Waals surface area contributed by atoms with Gasteiger partial charge in [0, 0.05) is 24.8 Å². The van der Waals surface area contributed by atoms with E-state index in [1.54, 1.807) is 0 Å². The highest BCUT2D eigenvalue weighted by Crippen LogP contribution is 2.25. The van der Waals surface area contributed by atoms with E-state index in [1.165, 1.54) is 11.1 Å². The van der Waals surface area contributed by atoms with Crippen molar-refractivity contribution in [1.82, 2.24) is 4.90 Å². The molecule has 0 spiro atoms. The van der Waals surface area contributed by atoms with E-state index in [-0.39, 0.29) is 12.1 Å². The number of likely N-dealkylation sites (tertiary alicyclic amines) is 1. The highest BCUT2D eigenvalue weighted by molar-refractivity contribution is 5.46. The lowest BCUT2D eigenvalue weighted by molar-refractivity contribution is 0.0527. The van der Waals surface area contributed by atoms with E-state index < -0.39 is 0 Å². The molecular formula is C21H28N2O. The molecule has 3 heteroatoms. The number of aliphatic hydroxyl groups is 1. The predicted molar refractivity (Wildman–Crippen MR) is 100 cm³/mol. The zero-order chi connectivity index (χ0) is 16.9. The van der Waals surface area contributed by atoms with Crippen molar-refractivity contribution < 1.29 is 5.11 Å². The van der Waals surface area contributed by atoms with Crippen LogP contribution in [0.25, 0.3) is 0 Å². The number of aryl methyl sites for hydroxylation is 1. The van der Waals surface area contributed by atoms with Gasteiger partial charge in [-0.25, -0.2) is 0 Å². The number of nitrogens with zero attached hydrogens (tertiary/aromatic N) is 1. The number of piperidine rings is 1. The molecule has 128 valence electrons. The molecule has 0 amide bonds. The third-order valence-corrected chi connectivity index (χ3v) is 5.15. The van der Waals surface area contributed by atoms with Crippen molar-refractivity contribution in [1.29, 1.82) is 0 Å². The molecule has 2 aromatic carbocycles. The fourth-order valence-corrected chi connectivity index (χ4v) is 3.45. The Morgan fingerprint density at radius 2 is 1.83 bits per heavy atom. The summed E-state index contributed by atoms with van der Waals surface area (Å²) in [6.07, 6.45) is 1.56. The lowest BCUT2D eigenvalue weighted by Crippen LogP contribution is -2.50. The molecule has 24 heavy (non-hydrogen) atoms. The Labute approximate surface area is 145 Å². The Kier molecular flexibility index (Phi) is 5.54. The highest BCUT2D eigenvalue weighted by atomic mass is 16.3. The Hall–Kier alpha value is -1.84. The Balaban J connectivity index is 1.66. The second-order valence-electron chi connectivity index (χ2n) is 6.74. The predicted octanol–water partition coefficient (Wildman–Crippen LogP) is 3.86. The molecule has 0 bridgehead atoms. The van der Waals surface area contributed by atoms with Gasteiger partial charge < -0.3 is 10.4 Å². The Morgan fingerprint density at radius 3 is 2.50 bits per heavy atom.